The first-order valence-corrected chi connectivity index (χ1v) is 10.6. The van der Waals surface area contributed by atoms with Gasteiger partial charge in [0.25, 0.3) is 11.1 Å². The third kappa shape index (κ3) is 5.80. The quantitative estimate of drug-likeness (QED) is 0.422. The number of rotatable bonds is 8. The molecule has 162 valence electrons. The Labute approximate surface area is 188 Å². The van der Waals surface area contributed by atoms with Crippen molar-refractivity contribution in [3.8, 4) is 11.5 Å². The van der Waals surface area contributed by atoms with Crippen molar-refractivity contribution in [2.75, 3.05) is 20.3 Å². The van der Waals surface area contributed by atoms with Gasteiger partial charge >= 0.3 is 5.97 Å². The van der Waals surface area contributed by atoms with Crippen LogP contribution in [0.25, 0.3) is 6.08 Å². The minimum absolute atomic E-state index is 0.146. The third-order valence-corrected chi connectivity index (χ3v) is 5.38. The number of methoxy groups -OCH3 is 1. The zero-order chi connectivity index (χ0) is 22.4. The topological polar surface area (TPSA) is 82.1 Å². The number of thioether (sulfide) groups is 1. The number of nitrogens with zero attached hydrogens (tertiary/aromatic N) is 1. The molecule has 0 bridgehead atoms. The Bertz CT molecular complexity index is 1040. The van der Waals surface area contributed by atoms with Crippen LogP contribution in [0.5, 0.6) is 11.5 Å². The van der Waals surface area contributed by atoms with Crippen LogP contribution in [0.2, 0.25) is 5.02 Å². The maximum Gasteiger partial charge on any atom is 0.343 e. The fraction of sp³-hybridized carbons (Fsp3) is 0.227. The van der Waals surface area contributed by atoms with Gasteiger partial charge in [-0.2, -0.15) is 0 Å². The molecule has 9 heteroatoms. The molecule has 2 aromatic carbocycles. The van der Waals surface area contributed by atoms with Crippen molar-refractivity contribution < 1.29 is 28.6 Å². The van der Waals surface area contributed by atoms with Gasteiger partial charge in [0.05, 0.1) is 25.2 Å². The molecule has 0 N–H and O–H groups in total. The fourth-order valence-corrected chi connectivity index (χ4v) is 3.85. The lowest BCUT2D eigenvalue weighted by atomic mass is 10.1. The highest BCUT2D eigenvalue weighted by Gasteiger charge is 2.35. The molecule has 7 nitrogen and oxygen atoms in total. The zero-order valence-electron chi connectivity index (χ0n) is 16.9. The highest BCUT2D eigenvalue weighted by molar-refractivity contribution is 8.18. The maximum absolute atomic E-state index is 12.8. The molecular weight excluding hydrogens is 442 g/mol. The molecular formula is C22H20ClNO6S. The van der Waals surface area contributed by atoms with E-state index in [9.17, 15) is 14.4 Å². The van der Waals surface area contributed by atoms with Gasteiger partial charge in [0, 0.05) is 5.02 Å². The minimum atomic E-state index is -0.514. The van der Waals surface area contributed by atoms with Crippen LogP contribution >= 0.6 is 23.4 Å². The lowest BCUT2D eigenvalue weighted by molar-refractivity contribution is -0.142. The first-order chi connectivity index (χ1) is 14.9. The number of carbonyl (C=O) groups is 3. The summed E-state index contributed by atoms with van der Waals surface area (Å²) in [6, 6.07) is 12.0. The summed E-state index contributed by atoms with van der Waals surface area (Å²) in [5.74, 6) is -0.101. The van der Waals surface area contributed by atoms with Gasteiger partial charge < -0.3 is 14.2 Å². The SMILES string of the molecule is CCOc1cc(/C=C2\SC(=O)N(Cc3cccc(Cl)c3)C2=O)ccc1OCC(=O)OC. The summed E-state index contributed by atoms with van der Waals surface area (Å²) in [7, 11) is 1.28. The van der Waals surface area contributed by atoms with Crippen LogP contribution in [0.4, 0.5) is 4.79 Å². The number of amides is 2. The summed E-state index contributed by atoms with van der Waals surface area (Å²) in [4.78, 5) is 38.0. The van der Waals surface area contributed by atoms with E-state index < -0.39 is 5.97 Å². The van der Waals surface area contributed by atoms with Crippen molar-refractivity contribution in [3.05, 3.63) is 63.5 Å². The molecule has 2 amide bonds. The maximum atomic E-state index is 12.8. The molecule has 0 radical (unpaired) electrons. The van der Waals surface area contributed by atoms with Gasteiger partial charge in [-0.1, -0.05) is 29.8 Å². The standard InChI is InChI=1S/C22H20ClNO6S/c1-3-29-18-10-14(7-8-17(18)30-13-20(25)28-2)11-19-21(26)24(22(27)31-19)12-15-5-4-6-16(23)9-15/h4-11H,3,12-13H2,1-2H3/b19-11-. The predicted molar refractivity (Wildman–Crippen MR) is 118 cm³/mol. The highest BCUT2D eigenvalue weighted by atomic mass is 35.5. The second-order valence-corrected chi connectivity index (χ2v) is 7.83. The zero-order valence-corrected chi connectivity index (χ0v) is 18.5. The van der Waals surface area contributed by atoms with Gasteiger partial charge in [-0.05, 0) is 60.2 Å². The Morgan fingerprint density at radius 3 is 2.65 bits per heavy atom. The number of hydrogen-bond donors (Lipinski definition) is 0. The highest BCUT2D eigenvalue weighted by Crippen LogP contribution is 2.35. The smallest absolute Gasteiger partial charge is 0.343 e. The summed E-state index contributed by atoms with van der Waals surface area (Å²) < 4.78 is 15.6. The molecule has 1 aliphatic heterocycles. The van der Waals surface area contributed by atoms with E-state index in [1.807, 2.05) is 6.92 Å². The van der Waals surface area contributed by atoms with Crippen molar-refractivity contribution in [3.63, 3.8) is 0 Å². The first kappa shape index (κ1) is 22.7. The van der Waals surface area contributed by atoms with Crippen molar-refractivity contribution >= 4 is 46.6 Å². The second-order valence-electron chi connectivity index (χ2n) is 6.40. The molecule has 2 aromatic rings. The molecule has 1 fully saturated rings. The van der Waals surface area contributed by atoms with Crippen LogP contribution in [0, 0.1) is 0 Å². The number of carbonyl (C=O) groups excluding carboxylic acids is 3. The van der Waals surface area contributed by atoms with Crippen LogP contribution in [0.15, 0.2) is 47.4 Å². The van der Waals surface area contributed by atoms with Gasteiger partial charge in [-0.25, -0.2) is 4.79 Å². The van der Waals surface area contributed by atoms with Gasteiger partial charge in [0.1, 0.15) is 0 Å². The number of halogens is 1. The van der Waals surface area contributed by atoms with Crippen LogP contribution in [0.3, 0.4) is 0 Å². The summed E-state index contributed by atoms with van der Waals surface area (Å²) in [6.45, 7) is 2.09. The fourth-order valence-electron chi connectivity index (χ4n) is 2.80. The molecule has 0 aromatic heterocycles. The van der Waals surface area contributed by atoms with Gasteiger partial charge in [-0.15, -0.1) is 0 Å². The van der Waals surface area contributed by atoms with Crippen LogP contribution in [0.1, 0.15) is 18.1 Å². The molecule has 0 saturated carbocycles. The average molecular weight is 462 g/mol. The lowest BCUT2D eigenvalue weighted by Crippen LogP contribution is -2.27. The third-order valence-electron chi connectivity index (χ3n) is 4.24. The van der Waals surface area contributed by atoms with E-state index in [4.69, 9.17) is 21.1 Å². The predicted octanol–water partition coefficient (Wildman–Crippen LogP) is 4.53. The molecule has 1 saturated heterocycles. The van der Waals surface area contributed by atoms with E-state index in [1.54, 1.807) is 48.5 Å². The van der Waals surface area contributed by atoms with Gasteiger partial charge in [-0.3, -0.25) is 14.5 Å². The molecule has 1 aliphatic rings. The van der Waals surface area contributed by atoms with Crippen LogP contribution in [-0.4, -0.2) is 42.3 Å². The minimum Gasteiger partial charge on any atom is -0.490 e. The van der Waals surface area contributed by atoms with Crippen molar-refractivity contribution in [2.45, 2.75) is 13.5 Å². The molecule has 1 heterocycles. The number of benzene rings is 2. The Kier molecular flexibility index (Phi) is 7.59. The Balaban J connectivity index is 1.78. The van der Waals surface area contributed by atoms with Crippen molar-refractivity contribution in [1.82, 2.24) is 4.90 Å². The molecule has 0 aliphatic carbocycles. The molecule has 0 spiro atoms. The largest absolute Gasteiger partial charge is 0.490 e. The van der Waals surface area contributed by atoms with E-state index in [0.29, 0.717) is 33.6 Å². The number of hydrogen-bond acceptors (Lipinski definition) is 7. The average Bonchev–Trinajstić information content (AvgIpc) is 3.00. The monoisotopic (exact) mass is 461 g/mol. The van der Waals surface area contributed by atoms with E-state index >= 15 is 0 Å². The molecule has 0 atom stereocenters. The van der Waals surface area contributed by atoms with Crippen LogP contribution in [-0.2, 0) is 20.9 Å². The molecule has 3 rings (SSSR count). The summed E-state index contributed by atoms with van der Waals surface area (Å²) in [6.07, 6.45) is 1.62. The normalized spacial score (nSPS) is 14.8. The Morgan fingerprint density at radius 1 is 1.13 bits per heavy atom. The van der Waals surface area contributed by atoms with E-state index in [1.165, 1.54) is 12.0 Å². The summed E-state index contributed by atoms with van der Waals surface area (Å²) in [5.41, 5.74) is 1.42. The van der Waals surface area contributed by atoms with Crippen molar-refractivity contribution in [1.29, 1.82) is 0 Å². The van der Waals surface area contributed by atoms with Crippen LogP contribution < -0.4 is 9.47 Å². The van der Waals surface area contributed by atoms with Gasteiger partial charge in [0.15, 0.2) is 18.1 Å². The summed E-state index contributed by atoms with van der Waals surface area (Å²) >= 11 is 6.86. The summed E-state index contributed by atoms with van der Waals surface area (Å²) in [5, 5.41) is 0.192. The molecule has 31 heavy (non-hydrogen) atoms. The second kappa shape index (κ2) is 10.4. The van der Waals surface area contributed by atoms with Gasteiger partial charge in [0.2, 0.25) is 0 Å². The van der Waals surface area contributed by atoms with E-state index in [0.717, 1.165) is 17.3 Å². The number of ether oxygens (including phenoxy) is 3. The van der Waals surface area contributed by atoms with Crippen molar-refractivity contribution in [2.24, 2.45) is 0 Å². The first-order valence-electron chi connectivity index (χ1n) is 9.37. The van der Waals surface area contributed by atoms with E-state index in [-0.39, 0.29) is 24.3 Å². The van der Waals surface area contributed by atoms with E-state index in [2.05, 4.69) is 4.74 Å². The number of imide groups is 1. The lowest BCUT2D eigenvalue weighted by Gasteiger charge is -2.13. The Hall–Kier alpha value is -2.97. The molecule has 0 unspecified atom stereocenters. The number of esters is 1. The Morgan fingerprint density at radius 2 is 1.94 bits per heavy atom.